The molecule has 0 aromatic heterocycles. The van der Waals surface area contributed by atoms with Gasteiger partial charge in [0.05, 0.1) is 25.2 Å². The first-order chi connectivity index (χ1) is 28.5. The van der Waals surface area contributed by atoms with Crippen molar-refractivity contribution in [2.75, 3.05) is 6.61 Å². The molecule has 0 bridgehead atoms. The number of allylic oxidation sites excluding steroid dienone is 8. The molecule has 0 spiro atoms. The predicted octanol–water partition coefficient (Wildman–Crippen LogP) is 14.7. The van der Waals surface area contributed by atoms with Gasteiger partial charge in [0.25, 0.3) is 0 Å². The van der Waals surface area contributed by atoms with Crippen molar-refractivity contribution in [3.8, 4) is 0 Å². The first kappa shape index (κ1) is 55.8. The Bertz CT molecular complexity index is 1000. The normalized spacial score (nSPS) is 13.7. The molecule has 3 unspecified atom stereocenters. The molecule has 3 atom stereocenters. The van der Waals surface area contributed by atoms with Crippen LogP contribution in [0.25, 0.3) is 0 Å². The number of nitrogens with one attached hydrogen (secondary N) is 1. The summed E-state index contributed by atoms with van der Waals surface area (Å²) in [4.78, 5) is 26.1. The lowest BCUT2D eigenvalue weighted by atomic mass is 10.0. The minimum atomic E-state index is -0.790. The number of hydrogen-bond donors (Lipinski definition) is 3. The summed E-state index contributed by atoms with van der Waals surface area (Å²) in [5, 5.41) is 23.7. The summed E-state index contributed by atoms with van der Waals surface area (Å²) in [6, 6.07) is -0.705. The molecule has 0 saturated heterocycles. The van der Waals surface area contributed by atoms with Crippen molar-refractivity contribution in [1.82, 2.24) is 5.32 Å². The summed E-state index contributed by atoms with van der Waals surface area (Å²) >= 11 is 0. The van der Waals surface area contributed by atoms with Crippen LogP contribution in [0.4, 0.5) is 0 Å². The molecule has 3 N–H and O–H groups in total. The smallest absolute Gasteiger partial charge is 0.306 e. The van der Waals surface area contributed by atoms with Gasteiger partial charge in [0.1, 0.15) is 6.10 Å². The molecule has 0 aliphatic heterocycles. The van der Waals surface area contributed by atoms with E-state index in [-0.39, 0.29) is 24.9 Å². The number of rotatable bonds is 44. The molecule has 0 aliphatic carbocycles. The maximum Gasteiger partial charge on any atom is 0.306 e. The number of aliphatic hydroxyl groups excluding tert-OH is 2. The van der Waals surface area contributed by atoms with Gasteiger partial charge in [-0.2, -0.15) is 0 Å². The monoisotopic (exact) mass is 814 g/mol. The van der Waals surface area contributed by atoms with Crippen LogP contribution in [0.3, 0.4) is 0 Å². The van der Waals surface area contributed by atoms with Crippen LogP contribution in [0.5, 0.6) is 0 Å². The van der Waals surface area contributed by atoms with E-state index in [0.29, 0.717) is 19.3 Å². The Hall–Kier alpha value is -2.18. The van der Waals surface area contributed by atoms with E-state index < -0.39 is 18.2 Å². The van der Waals surface area contributed by atoms with E-state index in [0.717, 1.165) is 89.9 Å². The van der Waals surface area contributed by atoms with E-state index >= 15 is 0 Å². The Morgan fingerprint density at radius 3 is 1.45 bits per heavy atom. The third-order valence-corrected chi connectivity index (χ3v) is 11.1. The van der Waals surface area contributed by atoms with Crippen molar-refractivity contribution in [2.24, 2.45) is 0 Å². The highest BCUT2D eigenvalue weighted by Gasteiger charge is 2.24. The Morgan fingerprint density at radius 2 is 0.931 bits per heavy atom. The average Bonchev–Trinajstić information content (AvgIpc) is 3.22. The third kappa shape index (κ3) is 40.6. The number of ether oxygens (including phenoxy) is 1. The minimum absolute atomic E-state index is 0.0668. The van der Waals surface area contributed by atoms with E-state index in [1.807, 2.05) is 0 Å². The van der Waals surface area contributed by atoms with Gasteiger partial charge in [-0.3, -0.25) is 9.59 Å². The lowest BCUT2D eigenvalue weighted by Crippen LogP contribution is -2.46. The lowest BCUT2D eigenvalue weighted by Gasteiger charge is -2.24. The molecule has 6 heteroatoms. The molecular formula is C52H95NO5. The Balaban J connectivity index is 4.60. The van der Waals surface area contributed by atoms with E-state index in [4.69, 9.17) is 4.74 Å². The van der Waals surface area contributed by atoms with Crippen LogP contribution < -0.4 is 5.32 Å². The van der Waals surface area contributed by atoms with E-state index in [2.05, 4.69) is 74.7 Å². The van der Waals surface area contributed by atoms with Gasteiger partial charge < -0.3 is 20.3 Å². The van der Waals surface area contributed by atoms with Crippen molar-refractivity contribution in [1.29, 1.82) is 0 Å². The number of unbranched alkanes of at least 4 members (excludes halogenated alkanes) is 24. The second-order valence-corrected chi connectivity index (χ2v) is 16.8. The molecule has 0 aromatic rings. The Kier molecular flexibility index (Phi) is 44.2. The summed E-state index contributed by atoms with van der Waals surface area (Å²) in [6.07, 6.45) is 54.5. The summed E-state index contributed by atoms with van der Waals surface area (Å²) in [5.74, 6) is -0.494. The number of esters is 1. The van der Waals surface area contributed by atoms with Crippen LogP contribution in [0, 0.1) is 0 Å². The second kappa shape index (κ2) is 45.9. The zero-order valence-corrected chi connectivity index (χ0v) is 38.4. The van der Waals surface area contributed by atoms with E-state index in [9.17, 15) is 19.8 Å². The van der Waals surface area contributed by atoms with Gasteiger partial charge in [0, 0.05) is 6.42 Å². The second-order valence-electron chi connectivity index (χ2n) is 16.8. The minimum Gasteiger partial charge on any atom is -0.462 e. The maximum absolute atomic E-state index is 13.2. The van der Waals surface area contributed by atoms with Crippen LogP contribution >= 0.6 is 0 Å². The van der Waals surface area contributed by atoms with Gasteiger partial charge in [-0.05, 0) is 83.5 Å². The number of carbonyl (C=O) groups is 2. The molecule has 0 saturated carbocycles. The molecule has 0 heterocycles. The number of hydrogen-bond acceptors (Lipinski definition) is 5. The Morgan fingerprint density at radius 1 is 0.517 bits per heavy atom. The fourth-order valence-electron chi connectivity index (χ4n) is 7.38. The van der Waals surface area contributed by atoms with Crippen molar-refractivity contribution >= 4 is 11.9 Å². The summed E-state index contributed by atoms with van der Waals surface area (Å²) < 4.78 is 5.92. The fourth-order valence-corrected chi connectivity index (χ4v) is 7.38. The molecule has 58 heavy (non-hydrogen) atoms. The first-order valence-corrected chi connectivity index (χ1v) is 24.9. The SMILES string of the molecule is CC/C=C/C/C=C/C/C=C/CCCCCCCCC(=O)OC(CCCCCCC/C=C\CCCCCC)CC(=O)NC(CO)C(O)CCCCCCCCCCCC. The van der Waals surface area contributed by atoms with Gasteiger partial charge in [-0.25, -0.2) is 0 Å². The van der Waals surface area contributed by atoms with Gasteiger partial charge in [-0.15, -0.1) is 0 Å². The highest BCUT2D eigenvalue weighted by atomic mass is 16.5. The zero-order valence-electron chi connectivity index (χ0n) is 38.4. The van der Waals surface area contributed by atoms with Crippen LogP contribution in [-0.2, 0) is 14.3 Å². The van der Waals surface area contributed by atoms with Crippen molar-refractivity contribution in [3.05, 3.63) is 48.6 Å². The third-order valence-electron chi connectivity index (χ3n) is 11.1. The number of amides is 1. The largest absolute Gasteiger partial charge is 0.462 e. The highest BCUT2D eigenvalue weighted by Crippen LogP contribution is 2.17. The quantitative estimate of drug-likeness (QED) is 0.0323. The standard InChI is InChI=1S/C52H95NO5/c1-4-7-10-13-16-19-22-24-25-26-28-30-33-36-39-42-45-52(57)58-48(43-40-37-34-31-29-27-23-20-17-14-11-8-5-2)46-51(56)53-49(47-54)50(55)44-41-38-35-32-21-18-15-12-9-6-3/h7,10,16,19-20,23-25,48-50,54-55H,4-6,8-9,11-15,17-18,21-22,26-47H2,1-3H3,(H,53,56)/b10-7+,19-16+,23-20-,25-24+. The molecular weight excluding hydrogens is 719 g/mol. The summed E-state index contributed by atoms with van der Waals surface area (Å²) in [6.45, 7) is 6.34. The molecule has 0 radical (unpaired) electrons. The maximum atomic E-state index is 13.2. The van der Waals surface area contributed by atoms with Crippen LogP contribution in [0.15, 0.2) is 48.6 Å². The molecule has 1 amide bonds. The van der Waals surface area contributed by atoms with Gasteiger partial charge in [-0.1, -0.05) is 198 Å². The van der Waals surface area contributed by atoms with E-state index in [1.54, 1.807) is 0 Å². The number of carbonyl (C=O) groups excluding carboxylic acids is 2. The van der Waals surface area contributed by atoms with Crippen LogP contribution in [-0.4, -0.2) is 46.9 Å². The van der Waals surface area contributed by atoms with Crippen LogP contribution in [0.2, 0.25) is 0 Å². The van der Waals surface area contributed by atoms with Crippen molar-refractivity contribution in [2.45, 2.75) is 264 Å². The molecule has 0 fully saturated rings. The van der Waals surface area contributed by atoms with Crippen LogP contribution in [0.1, 0.15) is 245 Å². The average molecular weight is 814 g/mol. The lowest BCUT2D eigenvalue weighted by molar-refractivity contribution is -0.151. The zero-order chi connectivity index (χ0) is 42.4. The van der Waals surface area contributed by atoms with Gasteiger partial charge in [0.15, 0.2) is 0 Å². The van der Waals surface area contributed by atoms with Gasteiger partial charge >= 0.3 is 5.97 Å². The first-order valence-electron chi connectivity index (χ1n) is 24.9. The molecule has 0 aromatic carbocycles. The topological polar surface area (TPSA) is 95.9 Å². The van der Waals surface area contributed by atoms with Crippen molar-refractivity contribution < 1.29 is 24.5 Å². The molecule has 338 valence electrons. The van der Waals surface area contributed by atoms with Gasteiger partial charge in [0.2, 0.25) is 5.91 Å². The predicted molar refractivity (Wildman–Crippen MR) is 250 cm³/mol. The molecule has 0 rings (SSSR count). The molecule has 6 nitrogen and oxygen atoms in total. The summed E-state index contributed by atoms with van der Waals surface area (Å²) in [7, 11) is 0. The number of aliphatic hydroxyl groups is 2. The molecule has 0 aliphatic rings. The van der Waals surface area contributed by atoms with Crippen molar-refractivity contribution in [3.63, 3.8) is 0 Å². The van der Waals surface area contributed by atoms with E-state index in [1.165, 1.54) is 109 Å². The Labute approximate surface area is 359 Å². The fraction of sp³-hybridized carbons (Fsp3) is 0.808. The summed E-state index contributed by atoms with van der Waals surface area (Å²) in [5.41, 5.74) is 0. The highest BCUT2D eigenvalue weighted by molar-refractivity contribution is 5.77.